The third kappa shape index (κ3) is 4.91. The molecule has 128 valence electrons. The fraction of sp³-hybridized carbons (Fsp3) is 0.611. The van der Waals surface area contributed by atoms with E-state index in [2.05, 4.69) is 6.92 Å². The van der Waals surface area contributed by atoms with Crippen molar-refractivity contribution in [2.24, 2.45) is 0 Å². The molecule has 0 aromatic heterocycles. The van der Waals surface area contributed by atoms with Gasteiger partial charge in [-0.15, -0.1) is 23.5 Å². The van der Waals surface area contributed by atoms with E-state index < -0.39 is 12.1 Å². The lowest BCUT2D eigenvalue weighted by molar-refractivity contribution is 0.0696. The second-order valence-corrected chi connectivity index (χ2v) is 9.11. The molecule has 0 aliphatic carbocycles. The molecule has 0 spiro atoms. The molecule has 1 saturated heterocycles. The summed E-state index contributed by atoms with van der Waals surface area (Å²) in [6.45, 7) is 2.21. The van der Waals surface area contributed by atoms with E-state index in [1.54, 1.807) is 24.3 Å². The largest absolute Gasteiger partial charge is 0.478 e. The van der Waals surface area contributed by atoms with E-state index in [1.807, 2.05) is 23.5 Å². The number of aromatic carboxylic acids is 1. The molecule has 1 fully saturated rings. The van der Waals surface area contributed by atoms with Crippen LogP contribution in [0.15, 0.2) is 24.3 Å². The normalized spacial score (nSPS) is 18.5. The number of aliphatic hydroxyl groups is 1. The Morgan fingerprint density at radius 1 is 1.17 bits per heavy atom. The molecule has 1 atom stereocenters. The van der Waals surface area contributed by atoms with Crippen molar-refractivity contribution in [1.82, 2.24) is 0 Å². The van der Waals surface area contributed by atoms with Crippen molar-refractivity contribution in [2.45, 2.75) is 55.6 Å². The predicted molar refractivity (Wildman–Crippen MR) is 99.4 cm³/mol. The lowest BCUT2D eigenvalue weighted by Crippen LogP contribution is -2.33. The van der Waals surface area contributed by atoms with E-state index in [1.165, 1.54) is 25.7 Å². The quantitative estimate of drug-likeness (QED) is 0.647. The monoisotopic (exact) mass is 354 g/mol. The van der Waals surface area contributed by atoms with Crippen molar-refractivity contribution in [3.05, 3.63) is 35.4 Å². The van der Waals surface area contributed by atoms with E-state index >= 15 is 0 Å². The Morgan fingerprint density at radius 2 is 1.83 bits per heavy atom. The van der Waals surface area contributed by atoms with Crippen LogP contribution in [-0.2, 0) is 0 Å². The summed E-state index contributed by atoms with van der Waals surface area (Å²) in [5.41, 5.74) is 1.09. The molecule has 23 heavy (non-hydrogen) atoms. The molecule has 2 rings (SSSR count). The number of rotatable bonds is 8. The zero-order valence-corrected chi connectivity index (χ0v) is 15.3. The number of thioether (sulfide) groups is 2. The Kier molecular flexibility index (Phi) is 7.31. The topological polar surface area (TPSA) is 57.5 Å². The molecule has 1 aromatic carbocycles. The summed E-state index contributed by atoms with van der Waals surface area (Å²) in [6, 6.07) is 6.70. The zero-order valence-electron chi connectivity index (χ0n) is 13.7. The fourth-order valence-electron chi connectivity index (χ4n) is 2.89. The number of hydrogen-bond acceptors (Lipinski definition) is 4. The maximum atomic E-state index is 11.0. The Hall–Kier alpha value is -0.650. The molecule has 3 nitrogen and oxygen atoms in total. The molecule has 0 radical (unpaired) electrons. The van der Waals surface area contributed by atoms with Gasteiger partial charge in [-0.05, 0) is 42.0 Å². The minimum absolute atomic E-state index is 0.184. The van der Waals surface area contributed by atoms with Crippen LogP contribution >= 0.6 is 23.5 Å². The van der Waals surface area contributed by atoms with E-state index in [0.717, 1.165) is 29.9 Å². The molecule has 2 N–H and O–H groups in total. The highest BCUT2D eigenvalue weighted by Crippen LogP contribution is 2.53. The van der Waals surface area contributed by atoms with Crippen molar-refractivity contribution in [3.63, 3.8) is 0 Å². The molecule has 1 aliphatic rings. The van der Waals surface area contributed by atoms with E-state index in [4.69, 9.17) is 5.11 Å². The summed E-state index contributed by atoms with van der Waals surface area (Å²) >= 11 is 3.76. The first-order valence-corrected chi connectivity index (χ1v) is 10.4. The van der Waals surface area contributed by atoms with Crippen molar-refractivity contribution in [1.29, 1.82) is 0 Å². The standard InChI is InChI=1S/C18H26O3S2/c1-2-3-4-5-11-18(22-12-6-13-23-18)16(19)14-7-9-15(10-8-14)17(20)21/h7-10,16,19H,2-6,11-13H2,1H3,(H,20,21). The van der Waals surface area contributed by atoms with Gasteiger partial charge in [0.1, 0.15) is 6.10 Å². The van der Waals surface area contributed by atoms with Crippen LogP contribution in [0.2, 0.25) is 0 Å². The first-order valence-electron chi connectivity index (χ1n) is 8.38. The highest BCUT2D eigenvalue weighted by atomic mass is 32.2. The van der Waals surface area contributed by atoms with Crippen LogP contribution in [0.3, 0.4) is 0 Å². The van der Waals surface area contributed by atoms with Gasteiger partial charge < -0.3 is 10.2 Å². The van der Waals surface area contributed by atoms with E-state index in [9.17, 15) is 9.90 Å². The zero-order chi connectivity index (χ0) is 16.7. The molecule has 1 heterocycles. The number of carboxylic acids is 1. The van der Waals surface area contributed by atoms with Gasteiger partial charge in [0.15, 0.2) is 0 Å². The summed E-state index contributed by atoms with van der Waals surface area (Å²) < 4.78 is -0.184. The Bertz CT molecular complexity index is 495. The second-order valence-electron chi connectivity index (χ2n) is 6.00. The van der Waals surface area contributed by atoms with Gasteiger partial charge in [-0.3, -0.25) is 0 Å². The first-order chi connectivity index (χ1) is 11.1. The summed E-state index contributed by atoms with van der Waals surface area (Å²) in [5, 5.41) is 20.0. The van der Waals surface area contributed by atoms with E-state index in [-0.39, 0.29) is 9.64 Å². The third-order valence-electron chi connectivity index (χ3n) is 4.25. The van der Waals surface area contributed by atoms with Gasteiger partial charge in [0, 0.05) is 0 Å². The Morgan fingerprint density at radius 3 is 2.39 bits per heavy atom. The van der Waals surface area contributed by atoms with Crippen molar-refractivity contribution in [2.75, 3.05) is 11.5 Å². The number of hydrogen-bond donors (Lipinski definition) is 2. The number of unbranched alkanes of at least 4 members (excludes halogenated alkanes) is 3. The van der Waals surface area contributed by atoms with Gasteiger partial charge in [0.25, 0.3) is 0 Å². The fourth-order valence-corrected chi connectivity index (χ4v) is 6.34. The molecule has 5 heteroatoms. The lowest BCUT2D eigenvalue weighted by Gasteiger charge is -2.40. The van der Waals surface area contributed by atoms with Crippen molar-refractivity contribution < 1.29 is 15.0 Å². The summed E-state index contributed by atoms with van der Waals surface area (Å²) in [7, 11) is 0. The molecular formula is C18H26O3S2. The smallest absolute Gasteiger partial charge is 0.335 e. The predicted octanol–water partition coefficient (Wildman–Crippen LogP) is 4.96. The van der Waals surface area contributed by atoms with Gasteiger partial charge in [0.2, 0.25) is 0 Å². The van der Waals surface area contributed by atoms with E-state index in [0.29, 0.717) is 0 Å². The number of benzene rings is 1. The van der Waals surface area contributed by atoms with Crippen LogP contribution in [0.4, 0.5) is 0 Å². The molecule has 0 saturated carbocycles. The summed E-state index contributed by atoms with van der Waals surface area (Å²) in [6.07, 6.45) is 6.45. The summed E-state index contributed by atoms with van der Waals surface area (Å²) in [5.74, 6) is 1.25. The van der Waals surface area contributed by atoms with Gasteiger partial charge in [-0.1, -0.05) is 44.7 Å². The Labute approximate surface area is 147 Å². The highest BCUT2D eigenvalue weighted by Gasteiger charge is 2.41. The van der Waals surface area contributed by atoms with Gasteiger partial charge in [-0.25, -0.2) is 4.79 Å². The van der Waals surface area contributed by atoms with Gasteiger partial charge in [0.05, 0.1) is 9.64 Å². The Balaban J connectivity index is 2.11. The molecule has 0 bridgehead atoms. The average molecular weight is 355 g/mol. The average Bonchev–Trinajstić information content (AvgIpc) is 2.59. The maximum Gasteiger partial charge on any atom is 0.335 e. The number of aliphatic hydroxyl groups excluding tert-OH is 1. The first kappa shape index (κ1) is 18.7. The van der Waals surface area contributed by atoms with Crippen molar-refractivity contribution >= 4 is 29.5 Å². The molecular weight excluding hydrogens is 328 g/mol. The minimum Gasteiger partial charge on any atom is -0.478 e. The van der Waals surface area contributed by atoms with Crippen LogP contribution in [0, 0.1) is 0 Å². The maximum absolute atomic E-state index is 11.0. The van der Waals surface area contributed by atoms with Crippen molar-refractivity contribution in [3.8, 4) is 0 Å². The SMILES string of the molecule is CCCCCCC1(C(O)c2ccc(C(=O)O)cc2)SCCCS1. The molecule has 0 amide bonds. The molecule has 1 unspecified atom stereocenters. The highest BCUT2D eigenvalue weighted by molar-refractivity contribution is 8.18. The lowest BCUT2D eigenvalue weighted by atomic mass is 10.00. The van der Waals surface area contributed by atoms with Crippen LogP contribution in [0.25, 0.3) is 0 Å². The number of carboxylic acid groups (broad SMARTS) is 1. The minimum atomic E-state index is -0.929. The van der Waals surface area contributed by atoms with Crippen LogP contribution in [-0.4, -0.2) is 31.8 Å². The van der Waals surface area contributed by atoms with Gasteiger partial charge >= 0.3 is 5.97 Å². The second kappa shape index (κ2) is 9.00. The molecule has 1 aliphatic heterocycles. The van der Waals surface area contributed by atoms with Crippen LogP contribution in [0.5, 0.6) is 0 Å². The molecule has 1 aromatic rings. The summed E-state index contributed by atoms with van der Waals surface area (Å²) in [4.78, 5) is 11.0. The third-order valence-corrected chi connectivity index (χ3v) is 7.77. The van der Waals surface area contributed by atoms with Crippen LogP contribution in [0.1, 0.15) is 67.5 Å². The number of carbonyl (C=O) groups is 1. The van der Waals surface area contributed by atoms with Gasteiger partial charge in [-0.2, -0.15) is 0 Å². The van der Waals surface area contributed by atoms with Crippen LogP contribution < -0.4 is 0 Å².